The first-order valence-electron chi connectivity index (χ1n) is 10.6. The normalized spacial score (nSPS) is 30.4. The van der Waals surface area contributed by atoms with Crippen molar-refractivity contribution in [3.05, 3.63) is 12.2 Å². The fraction of sp³-hybridized carbons (Fsp3) is 0.818. The first kappa shape index (κ1) is 23.0. The maximum atomic E-state index is 14.5. The zero-order chi connectivity index (χ0) is 20.8. The highest BCUT2D eigenvalue weighted by atomic mass is 19.3. The molecule has 0 aromatic carbocycles. The van der Waals surface area contributed by atoms with Gasteiger partial charge in [-0.15, -0.1) is 0 Å². The summed E-state index contributed by atoms with van der Waals surface area (Å²) in [4.78, 5) is 23.2. The minimum Gasteiger partial charge on any atom is -0.469 e. The molecule has 2 aliphatic rings. The van der Waals surface area contributed by atoms with Gasteiger partial charge in [0, 0.05) is 36.5 Å². The molecule has 0 aromatic rings. The van der Waals surface area contributed by atoms with E-state index in [2.05, 4.69) is 11.7 Å². The minimum atomic E-state index is -2.78. The quantitative estimate of drug-likeness (QED) is 0.273. The highest BCUT2D eigenvalue weighted by molar-refractivity contribution is 5.78. The van der Waals surface area contributed by atoms with Gasteiger partial charge in [0.05, 0.1) is 13.2 Å². The Bertz CT molecular complexity index is 575. The van der Waals surface area contributed by atoms with Gasteiger partial charge in [0.1, 0.15) is 5.78 Å². The minimum absolute atomic E-state index is 0.0581. The molecule has 0 amide bonds. The SMILES string of the molecule is CCCCCC(=O)CC[C@]12[C@H](C[C@H](O)[C@@H]1C/C=C\CCCC(=O)OC)C2(F)F. The number of aliphatic hydroxyl groups is 1. The number of unbranched alkanes of at least 4 members (excludes halogenated alkanes) is 3. The zero-order valence-corrected chi connectivity index (χ0v) is 17.1. The second-order valence-corrected chi connectivity index (χ2v) is 8.30. The Morgan fingerprint density at radius 2 is 1.89 bits per heavy atom. The lowest BCUT2D eigenvalue weighted by molar-refractivity contribution is -0.140. The Morgan fingerprint density at radius 3 is 2.57 bits per heavy atom. The van der Waals surface area contributed by atoms with Crippen LogP contribution in [-0.4, -0.2) is 36.0 Å². The molecule has 2 saturated carbocycles. The number of hydrogen-bond acceptors (Lipinski definition) is 4. The van der Waals surface area contributed by atoms with Crippen LogP contribution in [-0.2, 0) is 14.3 Å². The molecule has 6 heteroatoms. The third-order valence-electron chi connectivity index (χ3n) is 6.61. The smallest absolute Gasteiger partial charge is 0.305 e. The van der Waals surface area contributed by atoms with Crippen LogP contribution in [0.25, 0.3) is 0 Å². The summed E-state index contributed by atoms with van der Waals surface area (Å²) in [6, 6.07) is 0. The fourth-order valence-corrected chi connectivity index (χ4v) is 4.93. The molecule has 2 fully saturated rings. The Labute approximate surface area is 166 Å². The number of Topliss-reactive ketones (excluding diaryl/α,β-unsaturated/α-hetero) is 1. The first-order valence-corrected chi connectivity index (χ1v) is 10.6. The third-order valence-corrected chi connectivity index (χ3v) is 6.61. The summed E-state index contributed by atoms with van der Waals surface area (Å²) in [6.07, 6.45) is 8.79. The van der Waals surface area contributed by atoms with Gasteiger partial charge in [0.15, 0.2) is 0 Å². The average Bonchev–Trinajstić information content (AvgIpc) is 2.95. The van der Waals surface area contributed by atoms with Crippen LogP contribution < -0.4 is 0 Å². The lowest BCUT2D eigenvalue weighted by Crippen LogP contribution is -2.31. The molecule has 0 spiro atoms. The molecule has 0 heterocycles. The van der Waals surface area contributed by atoms with Gasteiger partial charge in [-0.2, -0.15) is 0 Å². The molecule has 1 N–H and O–H groups in total. The number of esters is 1. The summed E-state index contributed by atoms with van der Waals surface area (Å²) in [7, 11) is 1.35. The monoisotopic (exact) mass is 400 g/mol. The van der Waals surface area contributed by atoms with Gasteiger partial charge in [-0.05, 0) is 38.5 Å². The number of hydrogen-bond donors (Lipinski definition) is 1. The van der Waals surface area contributed by atoms with Gasteiger partial charge in [0.2, 0.25) is 0 Å². The predicted octanol–water partition coefficient (Wildman–Crippen LogP) is 4.84. The molecule has 0 aliphatic heterocycles. The number of aliphatic hydroxyl groups excluding tert-OH is 1. The molecule has 160 valence electrons. The van der Waals surface area contributed by atoms with Gasteiger partial charge in [-0.3, -0.25) is 9.59 Å². The molecule has 4 nitrogen and oxygen atoms in total. The number of ketones is 1. The largest absolute Gasteiger partial charge is 0.469 e. The summed E-state index contributed by atoms with van der Waals surface area (Å²) in [5.41, 5.74) is -1.22. The van der Waals surface area contributed by atoms with Crippen LogP contribution in [0.5, 0.6) is 0 Å². The lowest BCUT2D eigenvalue weighted by atomic mass is 9.81. The molecular weight excluding hydrogens is 366 g/mol. The van der Waals surface area contributed by atoms with Crippen molar-refractivity contribution in [2.45, 2.75) is 89.6 Å². The van der Waals surface area contributed by atoms with E-state index in [1.807, 2.05) is 12.2 Å². The number of fused-ring (bicyclic) bond motifs is 1. The van der Waals surface area contributed by atoms with Crippen LogP contribution in [0.4, 0.5) is 8.78 Å². The fourth-order valence-electron chi connectivity index (χ4n) is 4.93. The van der Waals surface area contributed by atoms with Gasteiger partial charge in [-0.25, -0.2) is 8.78 Å². The first-order chi connectivity index (χ1) is 13.3. The van der Waals surface area contributed by atoms with Crippen LogP contribution in [0.15, 0.2) is 12.2 Å². The Hall–Kier alpha value is -1.30. The van der Waals surface area contributed by atoms with Crippen molar-refractivity contribution < 1.29 is 28.2 Å². The molecule has 0 aromatic heterocycles. The molecule has 0 saturated heterocycles. The second kappa shape index (κ2) is 9.95. The third kappa shape index (κ3) is 4.81. The van der Waals surface area contributed by atoms with E-state index in [1.54, 1.807) is 0 Å². The number of rotatable bonds is 13. The summed E-state index contributed by atoms with van der Waals surface area (Å²) >= 11 is 0. The van der Waals surface area contributed by atoms with Crippen molar-refractivity contribution in [2.24, 2.45) is 17.3 Å². The number of carbonyl (C=O) groups excluding carboxylic acids is 2. The van der Waals surface area contributed by atoms with Crippen molar-refractivity contribution in [1.82, 2.24) is 0 Å². The van der Waals surface area contributed by atoms with Crippen molar-refractivity contribution in [1.29, 1.82) is 0 Å². The van der Waals surface area contributed by atoms with Crippen molar-refractivity contribution in [3.8, 4) is 0 Å². The number of ether oxygens (including phenoxy) is 1. The molecule has 2 rings (SSSR count). The molecule has 0 bridgehead atoms. The van der Waals surface area contributed by atoms with Gasteiger partial charge < -0.3 is 9.84 Å². The second-order valence-electron chi connectivity index (χ2n) is 8.30. The van der Waals surface area contributed by atoms with Crippen LogP contribution >= 0.6 is 0 Å². The molecule has 28 heavy (non-hydrogen) atoms. The van der Waals surface area contributed by atoms with Crippen LogP contribution in [0.2, 0.25) is 0 Å². The predicted molar refractivity (Wildman–Crippen MR) is 103 cm³/mol. The van der Waals surface area contributed by atoms with Crippen molar-refractivity contribution in [2.75, 3.05) is 7.11 Å². The number of methoxy groups -OCH3 is 1. The van der Waals surface area contributed by atoms with Gasteiger partial charge >= 0.3 is 5.97 Å². The van der Waals surface area contributed by atoms with E-state index in [4.69, 9.17) is 0 Å². The van der Waals surface area contributed by atoms with E-state index >= 15 is 0 Å². The molecule has 4 atom stereocenters. The molecular formula is C22H34F2O4. The summed E-state index contributed by atoms with van der Waals surface area (Å²) in [5.74, 6) is -4.28. The van der Waals surface area contributed by atoms with E-state index in [0.717, 1.165) is 19.3 Å². The summed E-state index contributed by atoms with van der Waals surface area (Å²) < 4.78 is 33.7. The van der Waals surface area contributed by atoms with Gasteiger partial charge in [0.25, 0.3) is 5.92 Å². The molecule has 0 unspecified atom stereocenters. The number of alkyl halides is 2. The van der Waals surface area contributed by atoms with E-state index in [1.165, 1.54) is 7.11 Å². The van der Waals surface area contributed by atoms with Gasteiger partial charge in [-0.1, -0.05) is 31.9 Å². The Balaban J connectivity index is 1.87. The highest BCUT2D eigenvalue weighted by Crippen LogP contribution is 2.78. The van der Waals surface area contributed by atoms with Crippen LogP contribution in [0.1, 0.15) is 77.6 Å². The average molecular weight is 401 g/mol. The van der Waals surface area contributed by atoms with Crippen molar-refractivity contribution in [3.63, 3.8) is 0 Å². The zero-order valence-electron chi connectivity index (χ0n) is 17.1. The Kier molecular flexibility index (Phi) is 8.17. The summed E-state index contributed by atoms with van der Waals surface area (Å²) in [5, 5.41) is 10.3. The maximum absolute atomic E-state index is 14.5. The van der Waals surface area contributed by atoms with E-state index in [0.29, 0.717) is 32.1 Å². The highest BCUT2D eigenvalue weighted by Gasteiger charge is 2.85. The molecule has 2 aliphatic carbocycles. The summed E-state index contributed by atoms with van der Waals surface area (Å²) in [6.45, 7) is 2.06. The van der Waals surface area contributed by atoms with E-state index in [-0.39, 0.29) is 31.0 Å². The maximum Gasteiger partial charge on any atom is 0.305 e. The van der Waals surface area contributed by atoms with E-state index in [9.17, 15) is 23.5 Å². The lowest BCUT2D eigenvalue weighted by Gasteiger charge is -2.27. The van der Waals surface area contributed by atoms with Crippen LogP contribution in [0.3, 0.4) is 0 Å². The number of carbonyl (C=O) groups is 2. The van der Waals surface area contributed by atoms with E-state index < -0.39 is 29.3 Å². The van der Waals surface area contributed by atoms with Crippen LogP contribution in [0, 0.1) is 17.3 Å². The van der Waals surface area contributed by atoms with Crippen molar-refractivity contribution >= 4 is 11.8 Å². The standard InChI is InChI=1S/C22H34F2O4/c1-3-4-7-10-16(25)13-14-21-17(18(26)15-19(21)22(21,23)24)11-8-5-6-9-12-20(27)28-2/h5,8,17-19,26H,3-4,6-7,9-15H2,1-2H3/b8-5-/t17-,18-,19-,21+/m0/s1. The molecule has 0 radical (unpaired) electrons. The Morgan fingerprint density at radius 1 is 1.14 bits per heavy atom. The topological polar surface area (TPSA) is 63.6 Å². The number of halogens is 2. The number of allylic oxidation sites excluding steroid dienone is 2.